The SMILES string of the molecule is COc1cccc(-c2nccnc2N2CC=C(c3ccc4ccncc4n3)CC2)c1. The fourth-order valence-corrected chi connectivity index (χ4v) is 3.78. The van der Waals surface area contributed by atoms with Gasteiger partial charge in [0.15, 0.2) is 5.82 Å². The number of pyridine rings is 2. The molecule has 0 spiro atoms. The lowest BCUT2D eigenvalue weighted by atomic mass is 10.0. The quantitative estimate of drug-likeness (QED) is 0.511. The molecule has 1 aromatic carbocycles. The third-order valence-electron chi connectivity index (χ3n) is 5.35. The van der Waals surface area contributed by atoms with Crippen molar-refractivity contribution in [2.45, 2.75) is 6.42 Å². The lowest BCUT2D eigenvalue weighted by Gasteiger charge is -2.28. The van der Waals surface area contributed by atoms with Crippen molar-refractivity contribution in [3.8, 4) is 17.0 Å². The van der Waals surface area contributed by atoms with Gasteiger partial charge in [0.25, 0.3) is 0 Å². The van der Waals surface area contributed by atoms with Crippen LogP contribution in [0.15, 0.2) is 73.3 Å². The van der Waals surface area contributed by atoms with Crippen LogP contribution in [0, 0.1) is 0 Å². The summed E-state index contributed by atoms with van der Waals surface area (Å²) in [6.07, 6.45) is 10.2. The summed E-state index contributed by atoms with van der Waals surface area (Å²) >= 11 is 0. The Kier molecular flexibility index (Phi) is 4.81. The maximum absolute atomic E-state index is 5.37. The van der Waals surface area contributed by atoms with Crippen molar-refractivity contribution < 1.29 is 4.74 Å². The zero-order valence-corrected chi connectivity index (χ0v) is 16.7. The summed E-state index contributed by atoms with van der Waals surface area (Å²) in [5, 5.41) is 1.11. The molecule has 0 saturated heterocycles. The molecule has 6 nitrogen and oxygen atoms in total. The van der Waals surface area contributed by atoms with Crippen LogP contribution in [0.1, 0.15) is 12.1 Å². The Bertz CT molecular complexity index is 1240. The van der Waals surface area contributed by atoms with Gasteiger partial charge in [-0.3, -0.25) is 9.97 Å². The molecule has 1 aliphatic rings. The Morgan fingerprint density at radius 3 is 2.80 bits per heavy atom. The smallest absolute Gasteiger partial charge is 0.155 e. The van der Waals surface area contributed by atoms with Gasteiger partial charge < -0.3 is 9.64 Å². The van der Waals surface area contributed by atoms with Crippen molar-refractivity contribution in [2.75, 3.05) is 25.1 Å². The molecule has 30 heavy (non-hydrogen) atoms. The number of fused-ring (bicyclic) bond motifs is 1. The van der Waals surface area contributed by atoms with Crippen LogP contribution >= 0.6 is 0 Å². The van der Waals surface area contributed by atoms with E-state index in [4.69, 9.17) is 9.72 Å². The third-order valence-corrected chi connectivity index (χ3v) is 5.35. The maximum Gasteiger partial charge on any atom is 0.155 e. The van der Waals surface area contributed by atoms with Gasteiger partial charge >= 0.3 is 0 Å². The molecule has 0 bridgehead atoms. The molecule has 148 valence electrons. The van der Waals surface area contributed by atoms with Gasteiger partial charge in [-0.15, -0.1) is 0 Å². The van der Waals surface area contributed by atoms with Crippen molar-refractivity contribution in [1.82, 2.24) is 19.9 Å². The number of anilines is 1. The van der Waals surface area contributed by atoms with E-state index >= 15 is 0 Å². The summed E-state index contributed by atoms with van der Waals surface area (Å²) in [5.74, 6) is 1.69. The summed E-state index contributed by atoms with van der Waals surface area (Å²) in [6, 6.07) is 14.1. The Morgan fingerprint density at radius 2 is 1.93 bits per heavy atom. The van der Waals surface area contributed by atoms with E-state index in [9.17, 15) is 0 Å². The summed E-state index contributed by atoms with van der Waals surface area (Å²) in [6.45, 7) is 1.62. The second-order valence-corrected chi connectivity index (χ2v) is 7.15. The average molecular weight is 395 g/mol. The molecular weight excluding hydrogens is 374 g/mol. The number of nitrogens with zero attached hydrogens (tertiary/aromatic N) is 5. The molecule has 0 N–H and O–H groups in total. The monoisotopic (exact) mass is 395 g/mol. The van der Waals surface area contributed by atoms with Crippen molar-refractivity contribution >= 4 is 22.3 Å². The van der Waals surface area contributed by atoms with Crippen LogP contribution in [0.5, 0.6) is 5.75 Å². The first kappa shape index (κ1) is 18.2. The summed E-state index contributed by atoms with van der Waals surface area (Å²) in [4.78, 5) is 20.5. The molecule has 5 rings (SSSR count). The predicted octanol–water partition coefficient (Wildman–Crippen LogP) is 4.39. The number of hydrogen-bond acceptors (Lipinski definition) is 6. The van der Waals surface area contributed by atoms with E-state index < -0.39 is 0 Å². The zero-order valence-electron chi connectivity index (χ0n) is 16.7. The minimum absolute atomic E-state index is 0.762. The molecule has 1 aliphatic heterocycles. The van der Waals surface area contributed by atoms with Crippen molar-refractivity contribution in [2.24, 2.45) is 0 Å². The molecule has 0 fully saturated rings. The van der Waals surface area contributed by atoms with Gasteiger partial charge in [-0.2, -0.15) is 0 Å². The van der Waals surface area contributed by atoms with E-state index in [0.29, 0.717) is 0 Å². The van der Waals surface area contributed by atoms with Crippen LogP contribution < -0.4 is 9.64 Å². The summed E-state index contributed by atoms with van der Waals surface area (Å²) in [7, 11) is 1.67. The topological polar surface area (TPSA) is 64.0 Å². The maximum atomic E-state index is 5.37. The largest absolute Gasteiger partial charge is 0.497 e. The van der Waals surface area contributed by atoms with Crippen LogP contribution in [-0.4, -0.2) is 40.1 Å². The number of hydrogen-bond donors (Lipinski definition) is 0. The number of rotatable bonds is 4. The van der Waals surface area contributed by atoms with Gasteiger partial charge in [-0.25, -0.2) is 9.97 Å². The predicted molar refractivity (Wildman–Crippen MR) is 118 cm³/mol. The number of benzene rings is 1. The van der Waals surface area contributed by atoms with Gasteiger partial charge in [0.1, 0.15) is 11.4 Å². The van der Waals surface area contributed by atoms with Crippen molar-refractivity contribution in [3.05, 3.63) is 79.0 Å². The highest BCUT2D eigenvalue weighted by Gasteiger charge is 2.19. The van der Waals surface area contributed by atoms with Crippen LogP contribution in [0.3, 0.4) is 0 Å². The lowest BCUT2D eigenvalue weighted by molar-refractivity contribution is 0.415. The van der Waals surface area contributed by atoms with Gasteiger partial charge in [-0.1, -0.05) is 24.3 Å². The Hall–Kier alpha value is -3.80. The average Bonchev–Trinajstić information content (AvgIpc) is 2.84. The van der Waals surface area contributed by atoms with Gasteiger partial charge in [0, 0.05) is 42.6 Å². The normalized spacial score (nSPS) is 13.9. The molecule has 0 aliphatic carbocycles. The van der Waals surface area contributed by atoms with Crippen molar-refractivity contribution in [1.29, 1.82) is 0 Å². The molecule has 0 atom stereocenters. The third kappa shape index (κ3) is 3.48. The van der Waals surface area contributed by atoms with Crippen LogP contribution in [0.4, 0.5) is 5.82 Å². The Morgan fingerprint density at radius 1 is 1.00 bits per heavy atom. The molecule has 3 aromatic heterocycles. The van der Waals surface area contributed by atoms with Crippen LogP contribution in [0.2, 0.25) is 0 Å². The molecular formula is C24H21N5O. The molecule has 4 aromatic rings. The summed E-state index contributed by atoms with van der Waals surface area (Å²) in [5.41, 5.74) is 5.05. The molecule has 6 heteroatoms. The number of ether oxygens (including phenoxy) is 1. The second-order valence-electron chi connectivity index (χ2n) is 7.15. The minimum atomic E-state index is 0.762. The van der Waals surface area contributed by atoms with Crippen LogP contribution in [-0.2, 0) is 0 Å². The molecule has 4 heterocycles. The minimum Gasteiger partial charge on any atom is -0.497 e. The first-order chi connectivity index (χ1) is 14.8. The highest BCUT2D eigenvalue weighted by Crippen LogP contribution is 2.31. The van der Waals surface area contributed by atoms with E-state index in [-0.39, 0.29) is 0 Å². The molecule has 0 saturated carbocycles. The highest BCUT2D eigenvalue weighted by molar-refractivity contribution is 5.81. The number of aromatic nitrogens is 4. The Labute approximate surface area is 174 Å². The molecule has 0 amide bonds. The van der Waals surface area contributed by atoms with Gasteiger partial charge in [0.2, 0.25) is 0 Å². The first-order valence-electron chi connectivity index (χ1n) is 9.92. The van der Waals surface area contributed by atoms with Gasteiger partial charge in [0.05, 0.1) is 24.5 Å². The lowest BCUT2D eigenvalue weighted by Crippen LogP contribution is -2.29. The standard InChI is InChI=1S/C24H21N5O/c1-30-20-4-2-3-19(15-20)23-24(27-12-11-26-23)29-13-8-18(9-14-29)21-6-5-17-7-10-25-16-22(17)28-21/h2-8,10-12,15-16H,9,13-14H2,1H3. The molecule has 0 radical (unpaired) electrons. The van der Waals surface area contributed by atoms with E-state index in [1.165, 1.54) is 5.57 Å². The van der Waals surface area contributed by atoms with E-state index in [2.05, 4.69) is 38.1 Å². The first-order valence-corrected chi connectivity index (χ1v) is 9.92. The fraction of sp³-hybridized carbons (Fsp3) is 0.167. The van der Waals surface area contributed by atoms with Crippen molar-refractivity contribution in [3.63, 3.8) is 0 Å². The fourth-order valence-electron chi connectivity index (χ4n) is 3.78. The summed E-state index contributed by atoms with van der Waals surface area (Å²) < 4.78 is 5.37. The molecule has 0 unspecified atom stereocenters. The zero-order chi connectivity index (χ0) is 20.3. The van der Waals surface area contributed by atoms with E-state index in [0.717, 1.165) is 58.9 Å². The van der Waals surface area contributed by atoms with E-state index in [1.807, 2.05) is 36.5 Å². The second kappa shape index (κ2) is 7.91. The van der Waals surface area contributed by atoms with Crippen LogP contribution in [0.25, 0.3) is 27.7 Å². The Balaban J connectivity index is 1.43. The highest BCUT2D eigenvalue weighted by atomic mass is 16.5. The van der Waals surface area contributed by atoms with E-state index in [1.54, 1.807) is 25.7 Å². The van der Waals surface area contributed by atoms with Gasteiger partial charge in [-0.05, 0) is 36.3 Å². The number of methoxy groups -OCH3 is 1.